The number of sulfonamides is 1. The molecule has 2 aromatic rings. The van der Waals surface area contributed by atoms with Gasteiger partial charge in [-0.25, -0.2) is 22.4 Å². The molecule has 0 bridgehead atoms. The number of carbonyl (C=O) groups excluding carboxylic acids is 1. The summed E-state index contributed by atoms with van der Waals surface area (Å²) in [7, 11) is -3.23. The van der Waals surface area contributed by atoms with Gasteiger partial charge in [-0.2, -0.15) is 5.10 Å². The molecule has 0 fully saturated rings. The predicted octanol–water partition coefficient (Wildman–Crippen LogP) is 3.02. The Morgan fingerprint density at radius 3 is 2.43 bits per heavy atom. The molecule has 9 heteroatoms. The quantitative estimate of drug-likeness (QED) is 0.640. The van der Waals surface area contributed by atoms with E-state index in [1.165, 1.54) is 10.6 Å². The van der Waals surface area contributed by atoms with Crippen molar-refractivity contribution >= 4 is 27.0 Å². The van der Waals surface area contributed by atoms with Gasteiger partial charge in [-0.1, -0.05) is 20.8 Å². The summed E-state index contributed by atoms with van der Waals surface area (Å²) in [5.74, 6) is -0.0271. The fourth-order valence-electron chi connectivity index (χ4n) is 3.36. The first-order valence-corrected chi connectivity index (χ1v) is 12.3. The number of aryl methyl sites for hydroxylation is 1. The number of rotatable bonds is 8. The fraction of sp³-hybridized carbons (Fsp3) is 0.667. The standard InChI is InChI=1S/C21H35N5O3S/c1-9-25(30(8,28)29)12-10-11-22-20(27)16-13-17(14(2)3)23-19-18(16)15(4)24-26(19)21(5,6)7/h13-14H,9-12H2,1-8H3,(H,22,27). The van der Waals surface area contributed by atoms with E-state index < -0.39 is 10.0 Å². The zero-order valence-electron chi connectivity index (χ0n) is 19.4. The fourth-order valence-corrected chi connectivity index (χ4v) is 4.29. The molecule has 0 aromatic carbocycles. The van der Waals surface area contributed by atoms with Gasteiger partial charge < -0.3 is 5.32 Å². The van der Waals surface area contributed by atoms with E-state index in [4.69, 9.17) is 4.98 Å². The number of fused-ring (bicyclic) bond motifs is 1. The molecule has 2 rings (SSSR count). The molecule has 0 aliphatic rings. The van der Waals surface area contributed by atoms with Gasteiger partial charge in [0.25, 0.3) is 5.91 Å². The maximum atomic E-state index is 13.0. The first kappa shape index (κ1) is 24.3. The Hall–Kier alpha value is -2.00. The molecular formula is C21H35N5O3S. The third kappa shape index (κ3) is 5.37. The van der Waals surface area contributed by atoms with Gasteiger partial charge in [-0.05, 0) is 46.1 Å². The summed E-state index contributed by atoms with van der Waals surface area (Å²) in [6.45, 7) is 15.1. The van der Waals surface area contributed by atoms with Crippen LogP contribution in [0.2, 0.25) is 0 Å². The van der Waals surface area contributed by atoms with E-state index in [0.717, 1.165) is 16.8 Å². The highest BCUT2D eigenvalue weighted by atomic mass is 32.2. The van der Waals surface area contributed by atoms with Crippen molar-refractivity contribution in [2.24, 2.45) is 0 Å². The third-order valence-corrected chi connectivity index (χ3v) is 6.37. The molecule has 8 nitrogen and oxygen atoms in total. The first-order chi connectivity index (χ1) is 13.8. The number of hydrogen-bond acceptors (Lipinski definition) is 5. The summed E-state index contributed by atoms with van der Waals surface area (Å²) in [6, 6.07) is 1.85. The normalized spacial score (nSPS) is 12.9. The molecule has 1 amide bonds. The lowest BCUT2D eigenvalue weighted by Crippen LogP contribution is -2.33. The second-order valence-corrected chi connectivity index (χ2v) is 11.0. The highest BCUT2D eigenvalue weighted by Gasteiger charge is 2.25. The third-order valence-electron chi connectivity index (χ3n) is 5.00. The molecule has 30 heavy (non-hydrogen) atoms. The van der Waals surface area contributed by atoms with Crippen molar-refractivity contribution in [3.8, 4) is 0 Å². The summed E-state index contributed by atoms with van der Waals surface area (Å²) in [5.41, 5.74) is 2.62. The Kier molecular flexibility index (Phi) is 7.29. The molecule has 168 valence electrons. The summed E-state index contributed by atoms with van der Waals surface area (Å²) in [4.78, 5) is 17.9. The zero-order valence-corrected chi connectivity index (χ0v) is 20.2. The van der Waals surface area contributed by atoms with Crippen molar-refractivity contribution in [3.05, 3.63) is 23.0 Å². The van der Waals surface area contributed by atoms with Gasteiger partial charge >= 0.3 is 0 Å². The highest BCUT2D eigenvalue weighted by molar-refractivity contribution is 7.88. The van der Waals surface area contributed by atoms with E-state index in [1.807, 2.05) is 31.5 Å². The number of hydrogen-bond donors (Lipinski definition) is 1. The molecule has 0 spiro atoms. The second-order valence-electron chi connectivity index (χ2n) is 8.98. The average molecular weight is 438 g/mol. The minimum atomic E-state index is -3.23. The Morgan fingerprint density at radius 1 is 1.30 bits per heavy atom. The molecule has 0 unspecified atom stereocenters. The number of pyridine rings is 1. The summed E-state index contributed by atoms with van der Waals surface area (Å²) in [5, 5.41) is 8.36. The van der Waals surface area contributed by atoms with Crippen molar-refractivity contribution in [3.63, 3.8) is 0 Å². The molecule has 0 aliphatic carbocycles. The smallest absolute Gasteiger partial charge is 0.252 e. The Balaban J connectivity index is 2.32. The largest absolute Gasteiger partial charge is 0.352 e. The van der Waals surface area contributed by atoms with Crippen LogP contribution in [-0.4, -0.2) is 59.3 Å². The van der Waals surface area contributed by atoms with Crippen molar-refractivity contribution in [1.29, 1.82) is 0 Å². The van der Waals surface area contributed by atoms with Crippen LogP contribution >= 0.6 is 0 Å². The Bertz CT molecular complexity index is 1020. The summed E-state index contributed by atoms with van der Waals surface area (Å²) < 4.78 is 26.7. The number of amides is 1. The minimum absolute atomic E-state index is 0.164. The van der Waals surface area contributed by atoms with E-state index in [0.29, 0.717) is 37.3 Å². The lowest BCUT2D eigenvalue weighted by molar-refractivity contribution is 0.0954. The van der Waals surface area contributed by atoms with Crippen LogP contribution in [0.5, 0.6) is 0 Å². The van der Waals surface area contributed by atoms with Crippen LogP contribution in [0.15, 0.2) is 6.07 Å². The van der Waals surface area contributed by atoms with Crippen molar-refractivity contribution in [2.45, 2.75) is 66.3 Å². The van der Waals surface area contributed by atoms with Gasteiger partial charge in [-0.3, -0.25) is 4.79 Å². The molecule has 2 aromatic heterocycles. The average Bonchev–Trinajstić information content (AvgIpc) is 2.96. The maximum absolute atomic E-state index is 13.0. The van der Waals surface area contributed by atoms with Crippen LogP contribution in [0, 0.1) is 6.92 Å². The van der Waals surface area contributed by atoms with E-state index >= 15 is 0 Å². The van der Waals surface area contributed by atoms with Gasteiger partial charge in [0, 0.05) is 25.3 Å². The van der Waals surface area contributed by atoms with Crippen molar-refractivity contribution in [1.82, 2.24) is 24.4 Å². The molecular weight excluding hydrogens is 402 g/mol. The van der Waals surface area contributed by atoms with Gasteiger partial charge in [0.1, 0.15) is 0 Å². The maximum Gasteiger partial charge on any atom is 0.252 e. The van der Waals surface area contributed by atoms with Crippen LogP contribution in [0.1, 0.15) is 75.6 Å². The molecule has 0 saturated heterocycles. The van der Waals surface area contributed by atoms with E-state index in [-0.39, 0.29) is 17.4 Å². The van der Waals surface area contributed by atoms with Gasteiger partial charge in [0.2, 0.25) is 10.0 Å². The molecule has 0 atom stereocenters. The van der Waals surface area contributed by atoms with Gasteiger partial charge in [0.15, 0.2) is 5.65 Å². The Labute approximate surface area is 180 Å². The van der Waals surface area contributed by atoms with Crippen LogP contribution < -0.4 is 5.32 Å². The second kappa shape index (κ2) is 9.01. The number of carbonyl (C=O) groups is 1. The van der Waals surface area contributed by atoms with E-state index in [2.05, 4.69) is 31.2 Å². The number of nitrogens with one attached hydrogen (secondary N) is 1. The van der Waals surface area contributed by atoms with Crippen LogP contribution in [0.25, 0.3) is 11.0 Å². The predicted molar refractivity (Wildman–Crippen MR) is 120 cm³/mol. The van der Waals surface area contributed by atoms with E-state index in [9.17, 15) is 13.2 Å². The monoisotopic (exact) mass is 437 g/mol. The lowest BCUT2D eigenvalue weighted by atomic mass is 10.0. The number of aromatic nitrogens is 3. The Morgan fingerprint density at radius 2 is 1.93 bits per heavy atom. The van der Waals surface area contributed by atoms with Gasteiger partial charge in [-0.15, -0.1) is 0 Å². The zero-order chi connectivity index (χ0) is 22.9. The minimum Gasteiger partial charge on any atom is -0.352 e. The molecule has 0 saturated carbocycles. The van der Waals surface area contributed by atoms with Crippen molar-refractivity contribution in [2.75, 3.05) is 25.9 Å². The lowest BCUT2D eigenvalue weighted by Gasteiger charge is -2.20. The van der Waals surface area contributed by atoms with Gasteiger partial charge in [0.05, 0.1) is 28.4 Å². The topological polar surface area (TPSA) is 97.2 Å². The summed E-state index contributed by atoms with van der Waals surface area (Å²) in [6.07, 6.45) is 1.74. The molecule has 0 radical (unpaired) electrons. The van der Waals surface area contributed by atoms with Crippen LogP contribution in [0.3, 0.4) is 0 Å². The molecule has 2 heterocycles. The van der Waals surface area contributed by atoms with Crippen molar-refractivity contribution < 1.29 is 13.2 Å². The van der Waals surface area contributed by atoms with Crippen LogP contribution in [0.4, 0.5) is 0 Å². The number of nitrogens with zero attached hydrogens (tertiary/aromatic N) is 4. The van der Waals surface area contributed by atoms with Crippen LogP contribution in [-0.2, 0) is 15.6 Å². The summed E-state index contributed by atoms with van der Waals surface area (Å²) >= 11 is 0. The first-order valence-electron chi connectivity index (χ1n) is 10.4. The van der Waals surface area contributed by atoms with E-state index in [1.54, 1.807) is 6.92 Å². The molecule has 0 aliphatic heterocycles. The highest BCUT2D eigenvalue weighted by Crippen LogP contribution is 2.28. The SMILES string of the molecule is CCN(CCCNC(=O)c1cc(C(C)C)nc2c1c(C)nn2C(C)(C)C)S(C)(=O)=O. The molecule has 1 N–H and O–H groups in total.